The number of hydrogen-bond acceptors (Lipinski definition) is 2. The van der Waals surface area contributed by atoms with Gasteiger partial charge in [-0.2, -0.15) is 0 Å². The summed E-state index contributed by atoms with van der Waals surface area (Å²) < 4.78 is 0. The molecule has 14 heavy (non-hydrogen) atoms. The van der Waals surface area contributed by atoms with Crippen molar-refractivity contribution in [3.63, 3.8) is 0 Å². The molecule has 0 aliphatic rings. The molecule has 0 heterocycles. The fourth-order valence-electron chi connectivity index (χ4n) is 1.23. The van der Waals surface area contributed by atoms with Gasteiger partial charge in [-0.1, -0.05) is 18.2 Å². The minimum atomic E-state index is 0.333. The lowest BCUT2D eigenvalue weighted by atomic mass is 10.1. The number of terminal acetylenes is 1. The second kappa shape index (κ2) is 5.31. The Balaban J connectivity index is 2.46. The van der Waals surface area contributed by atoms with Crippen LogP contribution in [0.5, 0.6) is 0 Å². The van der Waals surface area contributed by atoms with Crippen molar-refractivity contribution in [1.29, 1.82) is 0 Å². The molecule has 0 saturated carbocycles. The third kappa shape index (κ3) is 3.12. The molecule has 0 radical (unpaired) electrons. The number of para-hydroxylation sites is 1. The highest BCUT2D eigenvalue weighted by molar-refractivity contribution is 5.46. The quantitative estimate of drug-likeness (QED) is 0.558. The molecule has 0 fully saturated rings. The van der Waals surface area contributed by atoms with E-state index in [9.17, 15) is 0 Å². The molecule has 0 amide bonds. The number of benzene rings is 1. The molecule has 0 aliphatic carbocycles. The predicted octanol–water partition coefficient (Wildman–Crippen LogP) is 1.77. The van der Waals surface area contributed by atoms with Crippen LogP contribution in [0.15, 0.2) is 24.3 Å². The van der Waals surface area contributed by atoms with Gasteiger partial charge in [-0.25, -0.2) is 0 Å². The molecule has 2 nitrogen and oxygen atoms in total. The van der Waals surface area contributed by atoms with Crippen molar-refractivity contribution in [3.8, 4) is 12.3 Å². The highest BCUT2D eigenvalue weighted by atomic mass is 14.9. The number of anilines is 1. The smallest absolute Gasteiger partial charge is 0.0359 e. The lowest BCUT2D eigenvalue weighted by molar-refractivity contribution is 0.560. The second-order valence-electron chi connectivity index (χ2n) is 3.39. The van der Waals surface area contributed by atoms with Crippen LogP contribution in [-0.4, -0.2) is 6.04 Å². The van der Waals surface area contributed by atoms with Crippen LogP contribution in [0, 0.1) is 12.3 Å². The third-order valence-corrected chi connectivity index (χ3v) is 2.12. The van der Waals surface area contributed by atoms with Crippen molar-refractivity contribution >= 4 is 5.69 Å². The third-order valence-electron chi connectivity index (χ3n) is 2.12. The summed E-state index contributed by atoms with van der Waals surface area (Å²) in [5.41, 5.74) is 7.75. The van der Waals surface area contributed by atoms with Gasteiger partial charge in [0.15, 0.2) is 0 Å². The van der Waals surface area contributed by atoms with Crippen LogP contribution in [0.25, 0.3) is 0 Å². The predicted molar refractivity (Wildman–Crippen MR) is 60.6 cm³/mol. The molecule has 1 rings (SSSR count). The zero-order valence-electron chi connectivity index (χ0n) is 8.46. The Morgan fingerprint density at radius 1 is 1.50 bits per heavy atom. The summed E-state index contributed by atoms with van der Waals surface area (Å²) in [7, 11) is 0. The molecule has 0 bridgehead atoms. The fourth-order valence-corrected chi connectivity index (χ4v) is 1.23. The van der Waals surface area contributed by atoms with Crippen LogP contribution in [0.3, 0.4) is 0 Å². The Bertz CT molecular complexity index is 325. The van der Waals surface area contributed by atoms with Crippen molar-refractivity contribution in [2.75, 3.05) is 5.73 Å². The Morgan fingerprint density at radius 3 is 2.86 bits per heavy atom. The topological polar surface area (TPSA) is 38.0 Å². The second-order valence-corrected chi connectivity index (χ2v) is 3.39. The number of rotatable bonds is 4. The molecule has 0 spiro atoms. The Kier molecular flexibility index (Phi) is 4.03. The molecule has 1 unspecified atom stereocenters. The Labute approximate surface area is 85.5 Å². The average molecular weight is 188 g/mol. The molecule has 0 aliphatic heterocycles. The van der Waals surface area contributed by atoms with Gasteiger partial charge < -0.3 is 11.1 Å². The largest absolute Gasteiger partial charge is 0.398 e. The maximum absolute atomic E-state index is 5.80. The monoisotopic (exact) mass is 188 g/mol. The summed E-state index contributed by atoms with van der Waals surface area (Å²) in [6.45, 7) is 2.84. The van der Waals surface area contributed by atoms with E-state index in [1.807, 2.05) is 24.3 Å². The van der Waals surface area contributed by atoms with Crippen LogP contribution < -0.4 is 11.1 Å². The van der Waals surface area contributed by atoms with E-state index in [0.717, 1.165) is 24.2 Å². The summed E-state index contributed by atoms with van der Waals surface area (Å²) in [5.74, 6) is 2.62. The molecule has 1 aromatic carbocycles. The number of nitrogens with two attached hydrogens (primary N) is 1. The SMILES string of the molecule is C#CCC(C)NCc1ccccc1N. The zero-order valence-corrected chi connectivity index (χ0v) is 8.46. The zero-order chi connectivity index (χ0) is 10.4. The lowest BCUT2D eigenvalue weighted by Gasteiger charge is -2.11. The molecule has 3 N–H and O–H groups in total. The van der Waals surface area contributed by atoms with Crippen LogP contribution in [0.1, 0.15) is 18.9 Å². The van der Waals surface area contributed by atoms with Crippen LogP contribution in [-0.2, 0) is 6.54 Å². The fraction of sp³-hybridized carbons (Fsp3) is 0.333. The van der Waals surface area contributed by atoms with Crippen molar-refractivity contribution in [3.05, 3.63) is 29.8 Å². The first-order valence-electron chi connectivity index (χ1n) is 4.74. The highest BCUT2D eigenvalue weighted by Crippen LogP contribution is 2.09. The number of nitrogen functional groups attached to an aromatic ring is 1. The maximum atomic E-state index is 5.80. The van der Waals surface area contributed by atoms with E-state index in [-0.39, 0.29) is 0 Å². The van der Waals surface area contributed by atoms with Gasteiger partial charge in [-0.3, -0.25) is 0 Å². The van der Waals surface area contributed by atoms with Gasteiger partial charge in [0, 0.05) is 24.7 Å². The van der Waals surface area contributed by atoms with Gasteiger partial charge in [-0.15, -0.1) is 12.3 Å². The number of hydrogen-bond donors (Lipinski definition) is 2. The van der Waals surface area contributed by atoms with Crippen LogP contribution >= 0.6 is 0 Å². The first kappa shape index (κ1) is 10.6. The summed E-state index contributed by atoms with van der Waals surface area (Å²) in [5, 5.41) is 3.32. The molecule has 0 saturated heterocycles. The summed E-state index contributed by atoms with van der Waals surface area (Å²) in [6, 6.07) is 8.18. The van der Waals surface area contributed by atoms with Gasteiger partial charge in [0.25, 0.3) is 0 Å². The number of nitrogens with one attached hydrogen (secondary N) is 1. The highest BCUT2D eigenvalue weighted by Gasteiger charge is 2.01. The molecular weight excluding hydrogens is 172 g/mol. The van der Waals surface area contributed by atoms with E-state index in [0.29, 0.717) is 6.04 Å². The molecular formula is C12H16N2. The van der Waals surface area contributed by atoms with Gasteiger partial charge in [0.2, 0.25) is 0 Å². The van der Waals surface area contributed by atoms with Gasteiger partial charge in [-0.05, 0) is 18.6 Å². The van der Waals surface area contributed by atoms with E-state index < -0.39 is 0 Å². The first-order valence-corrected chi connectivity index (χ1v) is 4.74. The van der Waals surface area contributed by atoms with Crippen molar-refractivity contribution in [2.45, 2.75) is 25.9 Å². The molecule has 1 atom stereocenters. The van der Waals surface area contributed by atoms with Crippen LogP contribution in [0.4, 0.5) is 5.69 Å². The summed E-state index contributed by atoms with van der Waals surface area (Å²) >= 11 is 0. The Morgan fingerprint density at radius 2 is 2.21 bits per heavy atom. The minimum Gasteiger partial charge on any atom is -0.398 e. The lowest BCUT2D eigenvalue weighted by Crippen LogP contribution is -2.25. The van der Waals surface area contributed by atoms with Gasteiger partial charge in [0.05, 0.1) is 0 Å². The molecule has 0 aromatic heterocycles. The Hall–Kier alpha value is -1.46. The van der Waals surface area contributed by atoms with E-state index in [4.69, 9.17) is 12.2 Å². The van der Waals surface area contributed by atoms with E-state index >= 15 is 0 Å². The van der Waals surface area contributed by atoms with Crippen molar-refractivity contribution < 1.29 is 0 Å². The summed E-state index contributed by atoms with van der Waals surface area (Å²) in [6.07, 6.45) is 5.96. The molecule has 1 aromatic rings. The van der Waals surface area contributed by atoms with E-state index in [2.05, 4.69) is 18.2 Å². The first-order chi connectivity index (χ1) is 6.74. The standard InChI is InChI=1S/C12H16N2/c1-3-6-10(2)14-9-11-7-4-5-8-12(11)13/h1,4-5,7-8,10,14H,6,9,13H2,2H3. The molecule has 2 heteroatoms. The minimum absolute atomic E-state index is 0.333. The van der Waals surface area contributed by atoms with Crippen molar-refractivity contribution in [1.82, 2.24) is 5.32 Å². The van der Waals surface area contributed by atoms with Gasteiger partial charge in [0.1, 0.15) is 0 Å². The summed E-state index contributed by atoms with van der Waals surface area (Å²) in [4.78, 5) is 0. The van der Waals surface area contributed by atoms with E-state index in [1.165, 1.54) is 0 Å². The average Bonchev–Trinajstić information content (AvgIpc) is 2.17. The maximum Gasteiger partial charge on any atom is 0.0359 e. The van der Waals surface area contributed by atoms with Crippen molar-refractivity contribution in [2.24, 2.45) is 0 Å². The van der Waals surface area contributed by atoms with E-state index in [1.54, 1.807) is 0 Å². The van der Waals surface area contributed by atoms with Gasteiger partial charge >= 0.3 is 0 Å². The van der Waals surface area contributed by atoms with Crippen LogP contribution in [0.2, 0.25) is 0 Å². The normalized spacial score (nSPS) is 12.0. The molecule has 74 valence electrons.